The van der Waals surface area contributed by atoms with Crippen LogP contribution in [0.1, 0.15) is 18.9 Å². The molecule has 6 nitrogen and oxygen atoms in total. The van der Waals surface area contributed by atoms with E-state index in [0.717, 1.165) is 44.5 Å². The van der Waals surface area contributed by atoms with Crippen LogP contribution in [0, 0.1) is 0 Å². The molecule has 2 aromatic heterocycles. The summed E-state index contributed by atoms with van der Waals surface area (Å²) in [6, 6.07) is 12.7. The zero-order valence-corrected chi connectivity index (χ0v) is 15.9. The van der Waals surface area contributed by atoms with E-state index in [-0.39, 0.29) is 11.8 Å². The molecule has 1 aliphatic rings. The summed E-state index contributed by atoms with van der Waals surface area (Å²) >= 11 is 0. The third-order valence-corrected chi connectivity index (χ3v) is 5.40. The molecule has 0 saturated carbocycles. The normalized spacial score (nSPS) is 16.6. The van der Waals surface area contributed by atoms with Gasteiger partial charge in [0.1, 0.15) is 11.5 Å². The lowest BCUT2D eigenvalue weighted by Crippen LogP contribution is -2.17. The number of aromatic amines is 1. The molecule has 0 saturated heterocycles. The average Bonchev–Trinajstić information content (AvgIpc) is 3.27. The first kappa shape index (κ1) is 16.7. The number of hydrogen-bond donors (Lipinski definition) is 2. The van der Waals surface area contributed by atoms with Gasteiger partial charge in [0.25, 0.3) is 0 Å². The van der Waals surface area contributed by atoms with Crippen molar-refractivity contribution in [2.24, 2.45) is 7.05 Å². The highest BCUT2D eigenvalue weighted by molar-refractivity contribution is 5.98. The van der Waals surface area contributed by atoms with Gasteiger partial charge in [-0.25, -0.2) is 0 Å². The number of nitrogens with one attached hydrogen (secondary N) is 2. The predicted molar refractivity (Wildman–Crippen MR) is 110 cm³/mol. The van der Waals surface area contributed by atoms with Gasteiger partial charge in [0.15, 0.2) is 0 Å². The summed E-state index contributed by atoms with van der Waals surface area (Å²) in [6.07, 6.45) is 4.69. The number of benzene rings is 2. The molecule has 0 radical (unpaired) electrons. The fourth-order valence-electron chi connectivity index (χ4n) is 4.11. The number of nitrogens with zero attached hydrogens (tertiary/aromatic N) is 3. The molecular formula is C22H21N5O. The van der Waals surface area contributed by atoms with E-state index < -0.39 is 0 Å². The maximum absolute atomic E-state index is 12.2. The lowest BCUT2D eigenvalue weighted by molar-refractivity contribution is -0.118. The first-order valence-electron chi connectivity index (χ1n) is 9.46. The number of anilines is 1. The van der Waals surface area contributed by atoms with Crippen LogP contribution in [0.2, 0.25) is 0 Å². The van der Waals surface area contributed by atoms with Crippen LogP contribution in [0.15, 0.2) is 48.8 Å². The minimum atomic E-state index is 0.124. The predicted octanol–water partition coefficient (Wildman–Crippen LogP) is 3.95. The van der Waals surface area contributed by atoms with Crippen LogP contribution in [0.4, 0.5) is 5.69 Å². The van der Waals surface area contributed by atoms with Crippen molar-refractivity contribution in [3.63, 3.8) is 0 Å². The molecule has 3 heterocycles. The molecule has 1 atom stereocenters. The van der Waals surface area contributed by atoms with Crippen LogP contribution < -0.4 is 5.32 Å². The average molecular weight is 371 g/mol. The van der Waals surface area contributed by atoms with Gasteiger partial charge in [-0.15, -0.1) is 0 Å². The number of para-hydroxylation sites is 1. The molecule has 0 unspecified atom stereocenters. The van der Waals surface area contributed by atoms with Gasteiger partial charge >= 0.3 is 0 Å². The molecule has 0 bridgehead atoms. The van der Waals surface area contributed by atoms with E-state index in [1.54, 1.807) is 6.20 Å². The Morgan fingerprint density at radius 3 is 2.89 bits per heavy atom. The van der Waals surface area contributed by atoms with Crippen molar-refractivity contribution in [2.45, 2.75) is 25.8 Å². The summed E-state index contributed by atoms with van der Waals surface area (Å²) < 4.78 is 1.89. The molecule has 0 fully saturated rings. The number of rotatable bonds is 2. The molecule has 5 rings (SSSR count). The third-order valence-electron chi connectivity index (χ3n) is 5.40. The summed E-state index contributed by atoms with van der Waals surface area (Å²) in [5.41, 5.74) is 7.29. The third kappa shape index (κ3) is 2.69. The Morgan fingerprint density at radius 1 is 1.18 bits per heavy atom. The minimum Gasteiger partial charge on any atom is -0.381 e. The van der Waals surface area contributed by atoms with Crippen LogP contribution in [0.3, 0.4) is 0 Å². The Labute approximate surface area is 162 Å². The fraction of sp³-hybridized carbons (Fsp3) is 0.227. The number of aromatic nitrogens is 4. The summed E-state index contributed by atoms with van der Waals surface area (Å²) in [6.45, 7) is 2.06. The zero-order valence-electron chi connectivity index (χ0n) is 15.9. The molecule has 140 valence electrons. The van der Waals surface area contributed by atoms with Crippen molar-refractivity contribution >= 4 is 22.4 Å². The van der Waals surface area contributed by atoms with E-state index in [1.165, 1.54) is 0 Å². The second-order valence-electron chi connectivity index (χ2n) is 7.50. The van der Waals surface area contributed by atoms with Gasteiger partial charge in [-0.3, -0.25) is 14.6 Å². The molecule has 0 spiro atoms. The minimum absolute atomic E-state index is 0.124. The highest BCUT2D eigenvalue weighted by Crippen LogP contribution is 2.37. The number of hydrogen-bond acceptors (Lipinski definition) is 4. The van der Waals surface area contributed by atoms with Crippen LogP contribution in [0.25, 0.3) is 33.3 Å². The second-order valence-corrected chi connectivity index (χ2v) is 7.50. The Kier molecular flexibility index (Phi) is 3.79. The van der Waals surface area contributed by atoms with E-state index in [0.29, 0.717) is 12.8 Å². The summed E-state index contributed by atoms with van der Waals surface area (Å²) in [5.74, 6) is 0.279. The van der Waals surface area contributed by atoms with Gasteiger partial charge in [0, 0.05) is 54.3 Å². The van der Waals surface area contributed by atoms with Crippen LogP contribution >= 0.6 is 0 Å². The Balaban J connectivity index is 1.70. The van der Waals surface area contributed by atoms with E-state index >= 15 is 0 Å². The first-order chi connectivity index (χ1) is 13.6. The molecule has 0 amide bonds. The summed E-state index contributed by atoms with van der Waals surface area (Å²) in [4.78, 5) is 12.2. The number of aryl methyl sites for hydroxylation is 1. The van der Waals surface area contributed by atoms with E-state index in [1.807, 2.05) is 30.1 Å². The van der Waals surface area contributed by atoms with Crippen LogP contribution in [0.5, 0.6) is 0 Å². The molecule has 2 N–H and O–H groups in total. The number of Topliss-reactive ketones (excluding diaryl/α,β-unsaturated/α-hetero) is 1. The highest BCUT2D eigenvalue weighted by atomic mass is 16.1. The second kappa shape index (κ2) is 6.34. The van der Waals surface area contributed by atoms with Gasteiger partial charge in [0.05, 0.1) is 11.7 Å². The van der Waals surface area contributed by atoms with Crippen molar-refractivity contribution in [3.8, 4) is 22.4 Å². The van der Waals surface area contributed by atoms with Crippen molar-refractivity contribution in [1.82, 2.24) is 20.0 Å². The SMILES string of the molecule is C[C@@H]1CC(=O)Cc2cccc(-c3ccc4c(c3)c(-c3cn[nH]c3)nn4C)c2N1. The number of H-pyrrole nitrogens is 1. The van der Waals surface area contributed by atoms with E-state index in [9.17, 15) is 4.79 Å². The Bertz CT molecular complexity index is 1190. The molecular weight excluding hydrogens is 350 g/mol. The number of carbonyl (C=O) groups excluding carboxylic acids is 1. The molecule has 4 aromatic rings. The van der Waals surface area contributed by atoms with Crippen molar-refractivity contribution in [1.29, 1.82) is 0 Å². The van der Waals surface area contributed by atoms with Gasteiger partial charge < -0.3 is 5.32 Å². The fourth-order valence-corrected chi connectivity index (χ4v) is 4.11. The maximum Gasteiger partial charge on any atom is 0.139 e. The zero-order chi connectivity index (χ0) is 19.3. The summed E-state index contributed by atoms with van der Waals surface area (Å²) in [7, 11) is 1.95. The smallest absolute Gasteiger partial charge is 0.139 e. The molecule has 2 aromatic carbocycles. The Hall–Kier alpha value is -3.41. The molecule has 0 aliphatic carbocycles. The molecule has 6 heteroatoms. The highest BCUT2D eigenvalue weighted by Gasteiger charge is 2.21. The Morgan fingerprint density at radius 2 is 2.07 bits per heavy atom. The van der Waals surface area contributed by atoms with Gasteiger partial charge in [-0.05, 0) is 30.2 Å². The van der Waals surface area contributed by atoms with Gasteiger partial charge in [-0.1, -0.05) is 24.3 Å². The van der Waals surface area contributed by atoms with E-state index in [4.69, 9.17) is 0 Å². The quantitative estimate of drug-likeness (QED) is 0.559. The molecule has 1 aliphatic heterocycles. The lowest BCUT2D eigenvalue weighted by Gasteiger charge is -2.17. The number of ketones is 1. The standard InChI is InChI=1S/C22H21N5O/c1-13-8-17(28)9-15-4-3-5-18(21(15)25-13)14-6-7-20-19(10-14)22(26-27(20)2)16-11-23-24-12-16/h3-7,10-13,25H,8-9H2,1-2H3,(H,23,24)/t13-/m1/s1. The topological polar surface area (TPSA) is 75.6 Å². The van der Waals surface area contributed by atoms with Crippen molar-refractivity contribution in [3.05, 3.63) is 54.4 Å². The monoisotopic (exact) mass is 371 g/mol. The first-order valence-corrected chi connectivity index (χ1v) is 9.46. The van der Waals surface area contributed by atoms with E-state index in [2.05, 4.69) is 51.8 Å². The number of carbonyl (C=O) groups is 1. The van der Waals surface area contributed by atoms with Crippen LogP contribution in [-0.2, 0) is 18.3 Å². The summed E-state index contributed by atoms with van der Waals surface area (Å²) in [5, 5.41) is 16.3. The van der Waals surface area contributed by atoms with Crippen molar-refractivity contribution in [2.75, 3.05) is 5.32 Å². The largest absolute Gasteiger partial charge is 0.381 e. The lowest BCUT2D eigenvalue weighted by atomic mass is 9.96. The van der Waals surface area contributed by atoms with Gasteiger partial charge in [-0.2, -0.15) is 10.2 Å². The maximum atomic E-state index is 12.2. The number of fused-ring (bicyclic) bond motifs is 2. The molecule has 28 heavy (non-hydrogen) atoms. The van der Waals surface area contributed by atoms with Crippen molar-refractivity contribution < 1.29 is 4.79 Å². The van der Waals surface area contributed by atoms with Crippen LogP contribution in [-0.4, -0.2) is 31.8 Å². The van der Waals surface area contributed by atoms with Gasteiger partial charge in [0.2, 0.25) is 0 Å².